The maximum atomic E-state index is 12.0. The Morgan fingerprint density at radius 3 is 2.62 bits per heavy atom. The van der Waals surface area contributed by atoms with E-state index in [1.165, 1.54) is 18.2 Å². The minimum atomic E-state index is -0.574. The van der Waals surface area contributed by atoms with Gasteiger partial charge in [-0.25, -0.2) is 9.79 Å². The smallest absolute Gasteiger partial charge is 0.363 e. The number of carbonyl (C=O) groups is 1. The number of hydrogen-bond donors (Lipinski definition) is 0. The van der Waals surface area contributed by atoms with Crippen LogP contribution in [0.3, 0.4) is 0 Å². The van der Waals surface area contributed by atoms with Crippen LogP contribution in [-0.2, 0) is 9.53 Å². The first-order valence-corrected chi connectivity index (χ1v) is 7.29. The third-order valence-electron chi connectivity index (χ3n) is 3.76. The Morgan fingerprint density at radius 1 is 1.12 bits per heavy atom. The molecule has 0 N–H and O–H groups in total. The molecular formula is C18H14N2O4. The molecule has 0 aromatic heterocycles. The van der Waals surface area contributed by atoms with Crippen LogP contribution in [0.5, 0.6) is 0 Å². The highest BCUT2D eigenvalue weighted by atomic mass is 16.6. The highest BCUT2D eigenvalue weighted by Gasteiger charge is 2.24. The lowest BCUT2D eigenvalue weighted by Gasteiger charge is -2.03. The molecule has 0 atom stereocenters. The molecule has 0 aliphatic carbocycles. The average molecular weight is 322 g/mol. The first-order chi connectivity index (χ1) is 11.4. The van der Waals surface area contributed by atoms with Crippen molar-refractivity contribution in [1.29, 1.82) is 0 Å². The van der Waals surface area contributed by atoms with Gasteiger partial charge in [0.2, 0.25) is 5.90 Å². The number of cyclic esters (lactones) is 1. The number of nitro groups is 1. The van der Waals surface area contributed by atoms with Gasteiger partial charge in [0.1, 0.15) is 0 Å². The fraction of sp³-hybridized carbons (Fsp3) is 0.111. The number of carbonyl (C=O) groups excluding carboxylic acids is 1. The summed E-state index contributed by atoms with van der Waals surface area (Å²) in [6.45, 7) is 3.96. The van der Waals surface area contributed by atoms with E-state index >= 15 is 0 Å². The monoisotopic (exact) mass is 322 g/mol. The number of hydrogen-bond acceptors (Lipinski definition) is 5. The maximum absolute atomic E-state index is 12.0. The Bertz CT molecular complexity index is 913. The van der Waals surface area contributed by atoms with E-state index in [1.807, 2.05) is 32.0 Å². The minimum Gasteiger partial charge on any atom is -0.402 e. The highest BCUT2D eigenvalue weighted by molar-refractivity contribution is 6.12. The molecule has 2 aromatic carbocycles. The summed E-state index contributed by atoms with van der Waals surface area (Å²) in [7, 11) is 0. The van der Waals surface area contributed by atoms with Crippen LogP contribution < -0.4 is 0 Å². The molecular weight excluding hydrogens is 308 g/mol. The van der Waals surface area contributed by atoms with Gasteiger partial charge in [0.15, 0.2) is 5.70 Å². The molecule has 0 unspecified atom stereocenters. The van der Waals surface area contributed by atoms with E-state index in [0.717, 1.165) is 11.1 Å². The summed E-state index contributed by atoms with van der Waals surface area (Å²) in [5.41, 5.74) is 3.51. The Balaban J connectivity index is 1.95. The normalized spacial score (nSPS) is 15.3. The minimum absolute atomic E-state index is 0.0472. The van der Waals surface area contributed by atoms with E-state index in [1.54, 1.807) is 12.1 Å². The van der Waals surface area contributed by atoms with Gasteiger partial charge in [0, 0.05) is 17.7 Å². The number of aryl methyl sites for hydroxylation is 2. The van der Waals surface area contributed by atoms with Crippen molar-refractivity contribution in [3.8, 4) is 0 Å². The fourth-order valence-corrected chi connectivity index (χ4v) is 2.29. The number of ether oxygens (including phenoxy) is 1. The van der Waals surface area contributed by atoms with Gasteiger partial charge in [-0.2, -0.15) is 0 Å². The number of rotatable bonds is 3. The Morgan fingerprint density at radius 2 is 1.92 bits per heavy atom. The largest absolute Gasteiger partial charge is 0.402 e. The first kappa shape index (κ1) is 15.6. The Hall–Kier alpha value is -3.28. The van der Waals surface area contributed by atoms with Crippen molar-refractivity contribution in [3.63, 3.8) is 0 Å². The average Bonchev–Trinajstić information content (AvgIpc) is 2.91. The summed E-state index contributed by atoms with van der Waals surface area (Å²) in [6.07, 6.45) is 1.48. The SMILES string of the molecule is Cc1ccc(C2=NC(=Cc3cccc([N+](=O)[O-])c3)C(=O)O2)cc1C. The van der Waals surface area contributed by atoms with Crippen molar-refractivity contribution in [2.45, 2.75) is 13.8 Å². The van der Waals surface area contributed by atoms with Crippen LogP contribution in [0.2, 0.25) is 0 Å². The van der Waals surface area contributed by atoms with Gasteiger partial charge in [-0.1, -0.05) is 18.2 Å². The zero-order valence-electron chi connectivity index (χ0n) is 13.1. The van der Waals surface area contributed by atoms with Gasteiger partial charge >= 0.3 is 5.97 Å². The molecule has 0 amide bonds. The van der Waals surface area contributed by atoms with Crippen molar-refractivity contribution in [1.82, 2.24) is 0 Å². The molecule has 24 heavy (non-hydrogen) atoms. The second kappa shape index (κ2) is 6.08. The van der Waals surface area contributed by atoms with Crippen LogP contribution in [0, 0.1) is 24.0 Å². The van der Waals surface area contributed by atoms with Crippen molar-refractivity contribution in [3.05, 3.63) is 80.5 Å². The van der Waals surface area contributed by atoms with E-state index < -0.39 is 10.9 Å². The highest BCUT2D eigenvalue weighted by Crippen LogP contribution is 2.22. The van der Waals surface area contributed by atoms with E-state index in [9.17, 15) is 14.9 Å². The maximum Gasteiger partial charge on any atom is 0.363 e. The summed E-state index contributed by atoms with van der Waals surface area (Å²) >= 11 is 0. The number of nitro benzene ring substituents is 1. The summed E-state index contributed by atoms with van der Waals surface area (Å²) in [6, 6.07) is 11.7. The van der Waals surface area contributed by atoms with Gasteiger partial charge in [-0.05, 0) is 48.7 Å². The standard InChI is InChI=1S/C18H14N2O4/c1-11-6-7-14(8-12(11)2)17-19-16(18(21)24-17)10-13-4-3-5-15(9-13)20(22)23/h3-10H,1-2H3. The van der Waals surface area contributed by atoms with Gasteiger partial charge < -0.3 is 4.74 Å². The Kier molecular flexibility index (Phi) is 3.95. The van der Waals surface area contributed by atoms with Gasteiger partial charge in [-0.3, -0.25) is 10.1 Å². The fourth-order valence-electron chi connectivity index (χ4n) is 2.29. The molecule has 0 bridgehead atoms. The zero-order valence-corrected chi connectivity index (χ0v) is 13.1. The summed E-state index contributed by atoms with van der Waals surface area (Å²) < 4.78 is 5.21. The van der Waals surface area contributed by atoms with Crippen molar-refractivity contribution in [2.75, 3.05) is 0 Å². The molecule has 120 valence electrons. The van der Waals surface area contributed by atoms with Gasteiger partial charge in [0.05, 0.1) is 4.92 Å². The van der Waals surface area contributed by atoms with Gasteiger partial charge in [0.25, 0.3) is 5.69 Å². The third-order valence-corrected chi connectivity index (χ3v) is 3.76. The predicted octanol–water partition coefficient (Wildman–Crippen LogP) is 3.56. The number of non-ortho nitro benzene ring substituents is 1. The molecule has 0 fully saturated rings. The predicted molar refractivity (Wildman–Crippen MR) is 89.6 cm³/mol. The number of nitrogens with zero attached hydrogens (tertiary/aromatic N) is 2. The van der Waals surface area contributed by atoms with Gasteiger partial charge in [-0.15, -0.1) is 0 Å². The number of aliphatic imine (C=N–C) groups is 1. The van der Waals surface area contributed by atoms with E-state index in [2.05, 4.69) is 4.99 Å². The molecule has 6 heteroatoms. The lowest BCUT2D eigenvalue weighted by molar-refractivity contribution is -0.384. The third kappa shape index (κ3) is 3.08. The topological polar surface area (TPSA) is 81.8 Å². The van der Waals surface area contributed by atoms with E-state index in [0.29, 0.717) is 11.1 Å². The van der Waals surface area contributed by atoms with Crippen LogP contribution >= 0.6 is 0 Å². The quantitative estimate of drug-likeness (QED) is 0.374. The van der Waals surface area contributed by atoms with E-state index in [-0.39, 0.29) is 17.3 Å². The molecule has 3 rings (SSSR count). The van der Waals surface area contributed by atoms with Crippen LogP contribution in [0.15, 0.2) is 53.2 Å². The lowest BCUT2D eigenvalue weighted by atomic mass is 10.1. The summed E-state index contributed by atoms with van der Waals surface area (Å²) in [5, 5.41) is 10.8. The van der Waals surface area contributed by atoms with Crippen LogP contribution in [-0.4, -0.2) is 16.8 Å². The lowest BCUT2D eigenvalue weighted by Crippen LogP contribution is -2.05. The molecule has 0 spiro atoms. The molecule has 6 nitrogen and oxygen atoms in total. The van der Waals surface area contributed by atoms with Crippen molar-refractivity contribution in [2.24, 2.45) is 4.99 Å². The summed E-state index contributed by atoms with van der Waals surface area (Å²) in [4.78, 5) is 26.5. The molecule has 0 saturated carbocycles. The molecule has 1 aliphatic heterocycles. The number of esters is 1. The van der Waals surface area contributed by atoms with Crippen LogP contribution in [0.25, 0.3) is 6.08 Å². The molecule has 0 saturated heterocycles. The van der Waals surface area contributed by atoms with Crippen LogP contribution in [0.4, 0.5) is 5.69 Å². The molecule has 2 aromatic rings. The number of benzene rings is 2. The molecule has 0 radical (unpaired) electrons. The summed E-state index contributed by atoms with van der Waals surface area (Å²) in [5.74, 6) is -0.338. The second-order valence-electron chi connectivity index (χ2n) is 5.49. The van der Waals surface area contributed by atoms with E-state index in [4.69, 9.17) is 4.74 Å². The molecule has 1 aliphatic rings. The van der Waals surface area contributed by atoms with Crippen molar-refractivity contribution < 1.29 is 14.5 Å². The Labute approximate surface area is 138 Å². The zero-order chi connectivity index (χ0) is 17.3. The van der Waals surface area contributed by atoms with Crippen LogP contribution in [0.1, 0.15) is 22.3 Å². The second-order valence-corrected chi connectivity index (χ2v) is 5.49. The van der Waals surface area contributed by atoms with Crippen molar-refractivity contribution >= 4 is 23.6 Å². The molecule has 1 heterocycles. The first-order valence-electron chi connectivity index (χ1n) is 7.29.